The van der Waals surface area contributed by atoms with Gasteiger partial charge in [0.1, 0.15) is 6.04 Å². The summed E-state index contributed by atoms with van der Waals surface area (Å²) in [6.45, 7) is 7.87. The number of likely N-dealkylation sites (tertiary alicyclic amines) is 1. The highest BCUT2D eigenvalue weighted by Crippen LogP contribution is 2.31. The molecule has 0 saturated carbocycles. The number of hydrogen-bond donors (Lipinski definition) is 0. The van der Waals surface area contributed by atoms with Gasteiger partial charge >= 0.3 is 5.97 Å². The number of rotatable bonds is 4. The van der Waals surface area contributed by atoms with E-state index >= 15 is 0 Å². The minimum atomic E-state index is -0.219. The number of esters is 1. The van der Waals surface area contributed by atoms with Crippen molar-refractivity contribution in [2.75, 3.05) is 19.7 Å². The van der Waals surface area contributed by atoms with E-state index in [1.165, 1.54) is 0 Å². The molecule has 1 aliphatic heterocycles. The number of hydrogen-bond acceptors (Lipinski definition) is 4. The second kappa shape index (κ2) is 6.02. The van der Waals surface area contributed by atoms with Crippen molar-refractivity contribution in [1.29, 1.82) is 5.26 Å². The molecule has 96 valence electrons. The Morgan fingerprint density at radius 2 is 2.06 bits per heavy atom. The monoisotopic (exact) mass is 238 g/mol. The van der Waals surface area contributed by atoms with Crippen LogP contribution in [-0.2, 0) is 9.53 Å². The zero-order valence-corrected chi connectivity index (χ0v) is 11.0. The van der Waals surface area contributed by atoms with Crippen LogP contribution in [-0.4, -0.2) is 36.6 Å². The highest BCUT2D eigenvalue weighted by molar-refractivity contribution is 5.75. The second-order valence-electron chi connectivity index (χ2n) is 4.88. The zero-order valence-electron chi connectivity index (χ0n) is 11.0. The van der Waals surface area contributed by atoms with Gasteiger partial charge in [0.15, 0.2) is 0 Å². The Bertz CT molecular complexity index is 301. The fourth-order valence-electron chi connectivity index (χ4n) is 2.25. The highest BCUT2D eigenvalue weighted by atomic mass is 16.5. The molecule has 0 N–H and O–H groups in total. The quantitative estimate of drug-likeness (QED) is 0.702. The molecular formula is C13H22N2O2. The van der Waals surface area contributed by atoms with Crippen molar-refractivity contribution >= 4 is 5.97 Å². The number of carbonyl (C=O) groups is 1. The molecule has 17 heavy (non-hydrogen) atoms. The molecular weight excluding hydrogens is 216 g/mol. The predicted octanol–water partition coefficient (Wildman–Crippen LogP) is 1.95. The van der Waals surface area contributed by atoms with Crippen LogP contribution < -0.4 is 0 Å². The Morgan fingerprint density at radius 1 is 1.47 bits per heavy atom. The molecule has 1 unspecified atom stereocenters. The Morgan fingerprint density at radius 3 is 2.47 bits per heavy atom. The van der Waals surface area contributed by atoms with Gasteiger partial charge in [0.2, 0.25) is 0 Å². The van der Waals surface area contributed by atoms with Crippen molar-refractivity contribution in [3.63, 3.8) is 0 Å². The SMILES string of the molecule is CCOC(=O)C(CC)N1CCC(C)(C#N)CC1. The van der Waals surface area contributed by atoms with Crippen LogP contribution in [0.4, 0.5) is 0 Å². The number of nitrogens with zero attached hydrogens (tertiary/aromatic N) is 2. The van der Waals surface area contributed by atoms with Crippen molar-refractivity contribution in [2.24, 2.45) is 5.41 Å². The highest BCUT2D eigenvalue weighted by Gasteiger charge is 2.34. The van der Waals surface area contributed by atoms with Crippen LogP contribution in [0, 0.1) is 16.7 Å². The van der Waals surface area contributed by atoms with E-state index in [0.717, 1.165) is 32.4 Å². The van der Waals surface area contributed by atoms with Gasteiger partial charge in [-0.1, -0.05) is 6.92 Å². The first-order valence-electron chi connectivity index (χ1n) is 6.38. The lowest BCUT2D eigenvalue weighted by molar-refractivity contribution is -0.150. The fraction of sp³-hybridized carbons (Fsp3) is 0.846. The van der Waals surface area contributed by atoms with E-state index in [0.29, 0.717) is 6.61 Å². The first-order valence-corrected chi connectivity index (χ1v) is 6.38. The fourth-order valence-corrected chi connectivity index (χ4v) is 2.25. The normalized spacial score (nSPS) is 21.5. The third kappa shape index (κ3) is 3.44. The molecule has 0 radical (unpaired) electrons. The van der Waals surface area contributed by atoms with Crippen molar-refractivity contribution in [3.8, 4) is 6.07 Å². The van der Waals surface area contributed by atoms with Crippen LogP contribution in [0.15, 0.2) is 0 Å². The molecule has 1 saturated heterocycles. The number of piperidine rings is 1. The van der Waals surface area contributed by atoms with Gasteiger partial charge in [0.25, 0.3) is 0 Å². The third-order valence-corrected chi connectivity index (χ3v) is 3.56. The van der Waals surface area contributed by atoms with Crippen molar-refractivity contribution in [2.45, 2.75) is 46.1 Å². The lowest BCUT2D eigenvalue weighted by atomic mass is 9.81. The zero-order chi connectivity index (χ0) is 12.9. The van der Waals surface area contributed by atoms with Crippen molar-refractivity contribution < 1.29 is 9.53 Å². The average molecular weight is 238 g/mol. The first kappa shape index (κ1) is 14.0. The largest absolute Gasteiger partial charge is 0.465 e. The van der Waals surface area contributed by atoms with Crippen LogP contribution in [0.1, 0.15) is 40.0 Å². The third-order valence-electron chi connectivity index (χ3n) is 3.56. The maximum Gasteiger partial charge on any atom is 0.323 e. The van der Waals surface area contributed by atoms with Crippen molar-refractivity contribution in [3.05, 3.63) is 0 Å². The lowest BCUT2D eigenvalue weighted by Crippen LogP contribution is -2.47. The van der Waals surface area contributed by atoms with E-state index in [9.17, 15) is 4.79 Å². The molecule has 4 nitrogen and oxygen atoms in total. The maximum absolute atomic E-state index is 11.8. The molecule has 0 aromatic rings. The van der Waals surface area contributed by atoms with Crippen molar-refractivity contribution in [1.82, 2.24) is 4.90 Å². The van der Waals surface area contributed by atoms with Gasteiger partial charge in [-0.2, -0.15) is 5.26 Å². The van der Waals surface area contributed by atoms with Gasteiger partial charge in [-0.3, -0.25) is 9.69 Å². The minimum Gasteiger partial charge on any atom is -0.465 e. The number of ether oxygens (including phenoxy) is 1. The van der Waals surface area contributed by atoms with Crippen LogP contribution >= 0.6 is 0 Å². The summed E-state index contributed by atoms with van der Waals surface area (Å²) in [5.41, 5.74) is -0.219. The lowest BCUT2D eigenvalue weighted by Gasteiger charge is -2.38. The first-order chi connectivity index (χ1) is 8.06. The van der Waals surface area contributed by atoms with E-state index in [2.05, 4.69) is 11.0 Å². The minimum absolute atomic E-state index is 0.129. The summed E-state index contributed by atoms with van der Waals surface area (Å²) in [6.07, 6.45) is 2.43. The molecule has 0 amide bonds. The molecule has 1 rings (SSSR count). The van der Waals surface area contributed by atoms with E-state index in [4.69, 9.17) is 10.00 Å². The van der Waals surface area contributed by atoms with E-state index in [1.807, 2.05) is 20.8 Å². The van der Waals surface area contributed by atoms with E-state index in [1.54, 1.807) is 0 Å². The molecule has 4 heteroatoms. The molecule has 1 aliphatic rings. The summed E-state index contributed by atoms with van der Waals surface area (Å²) in [4.78, 5) is 13.9. The molecule has 0 aromatic carbocycles. The average Bonchev–Trinajstić information content (AvgIpc) is 2.33. The van der Waals surface area contributed by atoms with Gasteiger partial charge in [0.05, 0.1) is 18.1 Å². The molecule has 1 atom stereocenters. The van der Waals surface area contributed by atoms with Gasteiger partial charge < -0.3 is 4.74 Å². The van der Waals surface area contributed by atoms with Gasteiger partial charge in [-0.15, -0.1) is 0 Å². The summed E-state index contributed by atoms with van der Waals surface area (Å²) in [5, 5.41) is 9.07. The van der Waals surface area contributed by atoms with Crippen LogP contribution in [0.25, 0.3) is 0 Å². The summed E-state index contributed by atoms with van der Waals surface area (Å²) >= 11 is 0. The molecule has 0 aliphatic carbocycles. The topological polar surface area (TPSA) is 53.3 Å². The van der Waals surface area contributed by atoms with Gasteiger partial charge in [0, 0.05) is 13.1 Å². The maximum atomic E-state index is 11.8. The summed E-state index contributed by atoms with van der Waals surface area (Å²) in [6, 6.07) is 2.23. The van der Waals surface area contributed by atoms with Gasteiger partial charge in [-0.05, 0) is 33.1 Å². The molecule has 1 heterocycles. The number of nitriles is 1. The molecule has 0 aromatic heterocycles. The molecule has 1 fully saturated rings. The standard InChI is InChI=1S/C13H22N2O2/c1-4-11(12(16)17-5-2)15-8-6-13(3,10-14)7-9-15/h11H,4-9H2,1-3H3. The predicted molar refractivity (Wildman–Crippen MR) is 65.2 cm³/mol. The summed E-state index contributed by atoms with van der Waals surface area (Å²) in [5.74, 6) is -0.129. The number of carbonyl (C=O) groups excluding carboxylic acids is 1. The Balaban J connectivity index is 2.57. The Kier molecular flexibility index (Phi) is 4.95. The van der Waals surface area contributed by atoms with E-state index < -0.39 is 0 Å². The smallest absolute Gasteiger partial charge is 0.323 e. The van der Waals surface area contributed by atoms with Gasteiger partial charge in [-0.25, -0.2) is 0 Å². The van der Waals surface area contributed by atoms with Crippen LogP contribution in [0.5, 0.6) is 0 Å². The Labute approximate surface area is 104 Å². The molecule has 0 spiro atoms. The van der Waals surface area contributed by atoms with E-state index in [-0.39, 0.29) is 17.4 Å². The molecule has 0 bridgehead atoms. The van der Waals surface area contributed by atoms with Crippen LogP contribution in [0.3, 0.4) is 0 Å². The second-order valence-corrected chi connectivity index (χ2v) is 4.88. The summed E-state index contributed by atoms with van der Waals surface area (Å²) in [7, 11) is 0. The summed E-state index contributed by atoms with van der Waals surface area (Å²) < 4.78 is 5.08. The van der Waals surface area contributed by atoms with Crippen LogP contribution in [0.2, 0.25) is 0 Å². The Hall–Kier alpha value is -1.08.